The molecule has 118 valence electrons. The monoisotopic (exact) mass is 329 g/mol. The molecule has 0 bridgehead atoms. The smallest absolute Gasteiger partial charge is 0.255 e. The Morgan fingerprint density at radius 3 is 2.57 bits per heavy atom. The zero-order valence-corrected chi connectivity index (χ0v) is 13.8. The number of hydrogen-bond donors (Lipinski definition) is 1. The van der Waals surface area contributed by atoms with Gasteiger partial charge in [0.2, 0.25) is 5.91 Å². The molecule has 1 aromatic carbocycles. The van der Waals surface area contributed by atoms with Crippen molar-refractivity contribution in [1.82, 2.24) is 4.98 Å². The largest absolute Gasteiger partial charge is 0.321 e. The van der Waals surface area contributed by atoms with Crippen molar-refractivity contribution in [2.24, 2.45) is 0 Å². The summed E-state index contributed by atoms with van der Waals surface area (Å²) in [7, 11) is 1.72. The number of aromatic nitrogens is 1. The van der Waals surface area contributed by atoms with Crippen LogP contribution in [0.15, 0.2) is 36.7 Å². The van der Waals surface area contributed by atoms with E-state index in [1.807, 2.05) is 13.8 Å². The third-order valence-corrected chi connectivity index (χ3v) is 4.46. The van der Waals surface area contributed by atoms with Gasteiger partial charge in [0, 0.05) is 30.7 Å². The molecule has 0 saturated heterocycles. The normalized spacial score (nSPS) is 15.5. The fourth-order valence-electron chi connectivity index (χ4n) is 2.78. The highest BCUT2D eigenvalue weighted by Crippen LogP contribution is 2.44. The number of carbonyl (C=O) groups excluding carboxylic acids is 2. The third-order valence-electron chi connectivity index (χ3n) is 4.15. The van der Waals surface area contributed by atoms with Crippen LogP contribution in [0.1, 0.15) is 29.8 Å². The Morgan fingerprint density at radius 1 is 1.26 bits per heavy atom. The number of amides is 2. The van der Waals surface area contributed by atoms with Gasteiger partial charge in [-0.3, -0.25) is 14.6 Å². The fraction of sp³-hybridized carbons (Fsp3) is 0.235. The number of nitrogens with one attached hydrogen (secondary N) is 1. The minimum absolute atomic E-state index is 0.00109. The first kappa shape index (κ1) is 15.5. The van der Waals surface area contributed by atoms with E-state index in [9.17, 15) is 9.59 Å². The topological polar surface area (TPSA) is 62.3 Å². The van der Waals surface area contributed by atoms with E-state index in [4.69, 9.17) is 11.6 Å². The lowest BCUT2D eigenvalue weighted by molar-refractivity contribution is -0.121. The van der Waals surface area contributed by atoms with Gasteiger partial charge in [0.15, 0.2) is 0 Å². The number of rotatable bonds is 2. The number of anilines is 2. The lowest BCUT2D eigenvalue weighted by Crippen LogP contribution is -2.33. The Kier molecular flexibility index (Phi) is 3.60. The second-order valence-corrected chi connectivity index (χ2v) is 6.44. The van der Waals surface area contributed by atoms with Crippen LogP contribution in [0.5, 0.6) is 0 Å². The van der Waals surface area contributed by atoms with Crippen LogP contribution in [0.3, 0.4) is 0 Å². The number of hydrogen-bond acceptors (Lipinski definition) is 3. The first-order valence-corrected chi connectivity index (χ1v) is 7.53. The number of fused-ring (bicyclic) bond motifs is 1. The van der Waals surface area contributed by atoms with Crippen LogP contribution >= 0.6 is 11.6 Å². The van der Waals surface area contributed by atoms with Crippen molar-refractivity contribution in [2.75, 3.05) is 17.3 Å². The minimum atomic E-state index is -0.624. The molecule has 2 amide bonds. The van der Waals surface area contributed by atoms with Crippen LogP contribution in [-0.4, -0.2) is 23.8 Å². The van der Waals surface area contributed by atoms with E-state index in [0.717, 1.165) is 11.3 Å². The standard InChI is InChI=1S/C17H16ClN3O2/c1-17(2)11-8-12(18)13(9-14(11)21(3)16(17)23)20-15(22)10-4-6-19-7-5-10/h4-9H,1-3H3,(H,20,22). The van der Waals surface area contributed by atoms with Crippen molar-refractivity contribution in [3.8, 4) is 0 Å². The molecule has 3 rings (SSSR count). The first-order valence-electron chi connectivity index (χ1n) is 7.16. The average Bonchev–Trinajstić information content (AvgIpc) is 2.70. The SMILES string of the molecule is CN1C(=O)C(C)(C)c2cc(Cl)c(NC(=O)c3ccncc3)cc21. The van der Waals surface area contributed by atoms with Crippen LogP contribution < -0.4 is 10.2 Å². The van der Waals surface area contributed by atoms with E-state index in [1.54, 1.807) is 48.6 Å². The summed E-state index contributed by atoms with van der Waals surface area (Å²) in [5, 5.41) is 3.19. The number of benzene rings is 1. The quantitative estimate of drug-likeness (QED) is 0.920. The highest BCUT2D eigenvalue weighted by atomic mass is 35.5. The number of carbonyl (C=O) groups is 2. The van der Waals surface area contributed by atoms with Crippen LogP contribution in [0.25, 0.3) is 0 Å². The summed E-state index contributed by atoms with van der Waals surface area (Å²) in [5.41, 5.74) is 1.96. The van der Waals surface area contributed by atoms with Crippen molar-refractivity contribution >= 4 is 34.8 Å². The minimum Gasteiger partial charge on any atom is -0.321 e. The molecule has 6 heteroatoms. The Morgan fingerprint density at radius 2 is 1.91 bits per heavy atom. The molecule has 0 fully saturated rings. The van der Waals surface area contributed by atoms with Crippen LogP contribution in [0.2, 0.25) is 5.02 Å². The Hall–Kier alpha value is -2.40. The van der Waals surface area contributed by atoms with Gasteiger partial charge in [-0.1, -0.05) is 11.6 Å². The number of nitrogens with zero attached hydrogens (tertiary/aromatic N) is 2. The Labute approximate surface area is 139 Å². The lowest BCUT2D eigenvalue weighted by atomic mass is 9.86. The lowest BCUT2D eigenvalue weighted by Gasteiger charge is -2.16. The molecule has 1 N–H and O–H groups in total. The Bertz CT molecular complexity index is 803. The maximum Gasteiger partial charge on any atom is 0.255 e. The summed E-state index contributed by atoms with van der Waals surface area (Å²) >= 11 is 6.31. The van der Waals surface area contributed by atoms with Gasteiger partial charge in [0.25, 0.3) is 5.91 Å². The molecule has 2 heterocycles. The van der Waals surface area contributed by atoms with Crippen molar-refractivity contribution < 1.29 is 9.59 Å². The molecule has 1 aliphatic rings. The predicted molar refractivity (Wildman–Crippen MR) is 90.1 cm³/mol. The zero-order chi connectivity index (χ0) is 16.8. The zero-order valence-electron chi connectivity index (χ0n) is 13.1. The van der Waals surface area contributed by atoms with Crippen molar-refractivity contribution in [3.05, 3.63) is 52.8 Å². The molecule has 5 nitrogen and oxygen atoms in total. The van der Waals surface area contributed by atoms with Crippen LogP contribution in [0.4, 0.5) is 11.4 Å². The van der Waals surface area contributed by atoms with E-state index >= 15 is 0 Å². The van der Waals surface area contributed by atoms with Crippen LogP contribution in [-0.2, 0) is 10.2 Å². The van der Waals surface area contributed by atoms with E-state index in [1.165, 1.54) is 0 Å². The number of pyridine rings is 1. The summed E-state index contributed by atoms with van der Waals surface area (Å²) < 4.78 is 0. The molecular weight excluding hydrogens is 314 g/mol. The van der Waals surface area contributed by atoms with E-state index < -0.39 is 5.41 Å². The molecule has 0 unspecified atom stereocenters. The van der Waals surface area contributed by atoms with Gasteiger partial charge in [0.05, 0.1) is 16.1 Å². The van der Waals surface area contributed by atoms with Crippen molar-refractivity contribution in [1.29, 1.82) is 0 Å². The second-order valence-electron chi connectivity index (χ2n) is 6.03. The van der Waals surface area contributed by atoms with Gasteiger partial charge in [-0.15, -0.1) is 0 Å². The second kappa shape index (κ2) is 5.35. The van der Waals surface area contributed by atoms with Gasteiger partial charge in [-0.05, 0) is 43.7 Å². The van der Waals surface area contributed by atoms with E-state index in [-0.39, 0.29) is 11.8 Å². The van der Waals surface area contributed by atoms with Crippen LogP contribution in [0, 0.1) is 0 Å². The molecule has 0 radical (unpaired) electrons. The highest BCUT2D eigenvalue weighted by molar-refractivity contribution is 6.34. The maximum atomic E-state index is 12.3. The maximum absolute atomic E-state index is 12.3. The van der Waals surface area contributed by atoms with E-state index in [0.29, 0.717) is 16.3 Å². The molecule has 2 aromatic rings. The molecule has 1 aromatic heterocycles. The first-order chi connectivity index (χ1) is 10.8. The summed E-state index contributed by atoms with van der Waals surface area (Å²) in [4.78, 5) is 30.1. The van der Waals surface area contributed by atoms with Gasteiger partial charge in [-0.2, -0.15) is 0 Å². The Balaban J connectivity index is 1.98. The van der Waals surface area contributed by atoms with Gasteiger partial charge in [-0.25, -0.2) is 0 Å². The van der Waals surface area contributed by atoms with Gasteiger partial charge in [0.1, 0.15) is 0 Å². The third kappa shape index (κ3) is 2.47. The summed E-state index contributed by atoms with van der Waals surface area (Å²) in [6.45, 7) is 3.73. The number of halogens is 1. The molecule has 0 saturated carbocycles. The number of likely N-dealkylation sites (N-methyl/N-ethyl adjacent to an activating group) is 1. The predicted octanol–water partition coefficient (Wildman–Crippen LogP) is 3.24. The molecular formula is C17H16ClN3O2. The molecule has 23 heavy (non-hydrogen) atoms. The summed E-state index contributed by atoms with van der Waals surface area (Å²) in [6, 6.07) is 6.73. The van der Waals surface area contributed by atoms with E-state index in [2.05, 4.69) is 10.3 Å². The molecule has 0 aliphatic carbocycles. The fourth-order valence-corrected chi connectivity index (χ4v) is 2.99. The van der Waals surface area contributed by atoms with Gasteiger partial charge < -0.3 is 10.2 Å². The van der Waals surface area contributed by atoms with Crippen molar-refractivity contribution in [3.63, 3.8) is 0 Å². The molecule has 0 spiro atoms. The highest BCUT2D eigenvalue weighted by Gasteiger charge is 2.42. The van der Waals surface area contributed by atoms with Crippen molar-refractivity contribution in [2.45, 2.75) is 19.3 Å². The molecule has 0 atom stereocenters. The molecule has 1 aliphatic heterocycles. The average molecular weight is 330 g/mol. The summed E-state index contributed by atoms with van der Waals surface area (Å²) in [6.07, 6.45) is 3.10. The van der Waals surface area contributed by atoms with Gasteiger partial charge >= 0.3 is 0 Å². The summed E-state index contributed by atoms with van der Waals surface area (Å²) in [5.74, 6) is -0.276.